The molecule has 0 spiro atoms. The van der Waals surface area contributed by atoms with Crippen LogP contribution in [-0.2, 0) is 14.3 Å². The largest absolute Gasteiger partial charge is 0.394 e. The minimum Gasteiger partial charge on any atom is -0.394 e. The van der Waals surface area contributed by atoms with Crippen LogP contribution in [0.5, 0.6) is 0 Å². The van der Waals surface area contributed by atoms with E-state index in [-0.39, 0.29) is 4.90 Å². The molecule has 5 nitrogen and oxygen atoms in total. The second kappa shape index (κ2) is 6.10. The van der Waals surface area contributed by atoms with Gasteiger partial charge in [0.25, 0.3) is 10.1 Å². The predicted molar refractivity (Wildman–Crippen MR) is 70.1 cm³/mol. The van der Waals surface area contributed by atoms with Gasteiger partial charge in [0.15, 0.2) is 0 Å². The van der Waals surface area contributed by atoms with Gasteiger partial charge in [-0.25, -0.2) is 0 Å². The Hall–Kier alpha value is -0.220. The fourth-order valence-corrected chi connectivity index (χ4v) is 3.57. The summed E-state index contributed by atoms with van der Waals surface area (Å²) >= 11 is 1.91. The molecular formula is C10H13IO5S. The van der Waals surface area contributed by atoms with Gasteiger partial charge < -0.3 is 10.2 Å². The molecule has 0 heterocycles. The maximum atomic E-state index is 11.8. The average Bonchev–Trinajstić information content (AvgIpc) is 2.25. The van der Waals surface area contributed by atoms with Crippen LogP contribution in [0.25, 0.3) is 0 Å². The number of hydrogen-bond donors (Lipinski definition) is 2. The van der Waals surface area contributed by atoms with Crippen molar-refractivity contribution in [3.63, 3.8) is 0 Å². The molecule has 0 saturated carbocycles. The molecule has 1 atom stereocenters. The molecule has 0 bridgehead atoms. The van der Waals surface area contributed by atoms with Gasteiger partial charge in [0.2, 0.25) is 0 Å². The lowest BCUT2D eigenvalue weighted by Gasteiger charge is -2.10. The minimum absolute atomic E-state index is 0.0637. The third-order valence-corrected chi connectivity index (χ3v) is 4.58. The highest BCUT2D eigenvalue weighted by atomic mass is 127. The van der Waals surface area contributed by atoms with Gasteiger partial charge >= 0.3 is 0 Å². The van der Waals surface area contributed by atoms with Gasteiger partial charge in [0.1, 0.15) is 11.0 Å². The fraction of sp³-hybridized carbons (Fsp3) is 0.400. The molecular weight excluding hydrogens is 359 g/mol. The Morgan fingerprint density at radius 2 is 2.12 bits per heavy atom. The smallest absolute Gasteiger partial charge is 0.298 e. The van der Waals surface area contributed by atoms with E-state index in [1.54, 1.807) is 12.1 Å². The van der Waals surface area contributed by atoms with Crippen molar-refractivity contribution in [1.29, 1.82) is 0 Å². The highest BCUT2D eigenvalue weighted by Crippen LogP contribution is 2.21. The monoisotopic (exact) mass is 372 g/mol. The SMILES string of the molecule is Cc1ccc(S(=O)(=O)OCC(O)CO)c(I)c1. The van der Waals surface area contributed by atoms with Crippen LogP contribution in [-0.4, -0.2) is 37.9 Å². The molecule has 1 aromatic rings. The lowest BCUT2D eigenvalue weighted by Crippen LogP contribution is -2.22. The van der Waals surface area contributed by atoms with E-state index in [1.165, 1.54) is 6.07 Å². The number of halogens is 1. The minimum atomic E-state index is -3.89. The van der Waals surface area contributed by atoms with Crippen LogP contribution in [0.15, 0.2) is 23.1 Å². The molecule has 0 aromatic heterocycles. The summed E-state index contributed by atoms with van der Waals surface area (Å²) in [7, 11) is -3.89. The fourth-order valence-electron chi connectivity index (χ4n) is 1.09. The standard InChI is InChI=1S/C10H13IO5S/c1-7-2-3-10(9(11)4-7)17(14,15)16-6-8(13)5-12/h2-4,8,12-13H,5-6H2,1H3. The lowest BCUT2D eigenvalue weighted by molar-refractivity contribution is 0.0557. The Kier molecular flexibility index (Phi) is 5.32. The molecule has 0 fully saturated rings. The molecule has 7 heteroatoms. The Morgan fingerprint density at radius 3 is 2.65 bits per heavy atom. The Labute approximate surface area is 114 Å². The number of benzene rings is 1. The molecule has 2 N–H and O–H groups in total. The van der Waals surface area contributed by atoms with E-state index in [4.69, 9.17) is 10.2 Å². The summed E-state index contributed by atoms with van der Waals surface area (Å²) in [6.07, 6.45) is -1.20. The summed E-state index contributed by atoms with van der Waals surface area (Å²) in [6, 6.07) is 4.85. The highest BCUT2D eigenvalue weighted by Gasteiger charge is 2.20. The number of rotatable bonds is 5. The number of aryl methyl sites for hydroxylation is 1. The zero-order valence-corrected chi connectivity index (χ0v) is 12.1. The van der Waals surface area contributed by atoms with Gasteiger partial charge in [0, 0.05) is 3.57 Å². The number of hydrogen-bond acceptors (Lipinski definition) is 5. The van der Waals surface area contributed by atoms with Crippen molar-refractivity contribution in [2.75, 3.05) is 13.2 Å². The first-order valence-electron chi connectivity index (χ1n) is 4.81. The van der Waals surface area contributed by atoms with Crippen LogP contribution in [0.1, 0.15) is 5.56 Å². The third-order valence-electron chi connectivity index (χ3n) is 1.98. The van der Waals surface area contributed by atoms with E-state index in [1.807, 2.05) is 29.5 Å². The summed E-state index contributed by atoms with van der Waals surface area (Å²) < 4.78 is 28.7. The molecule has 1 unspecified atom stereocenters. The van der Waals surface area contributed by atoms with Crippen LogP contribution in [0.2, 0.25) is 0 Å². The molecule has 0 radical (unpaired) electrons. The van der Waals surface area contributed by atoms with E-state index in [2.05, 4.69) is 4.18 Å². The van der Waals surface area contributed by atoms with E-state index in [0.717, 1.165) is 5.56 Å². The third kappa shape index (κ3) is 4.18. The summed E-state index contributed by atoms with van der Waals surface area (Å²) in [5.41, 5.74) is 0.948. The van der Waals surface area contributed by atoms with Crippen molar-refractivity contribution in [2.45, 2.75) is 17.9 Å². The van der Waals surface area contributed by atoms with Gasteiger partial charge in [-0.3, -0.25) is 4.18 Å². The Morgan fingerprint density at radius 1 is 1.47 bits per heavy atom. The number of aliphatic hydroxyl groups excluding tert-OH is 2. The van der Waals surface area contributed by atoms with Gasteiger partial charge in [-0.15, -0.1) is 0 Å². The van der Waals surface area contributed by atoms with E-state index in [9.17, 15) is 8.42 Å². The van der Waals surface area contributed by atoms with Gasteiger partial charge in [0.05, 0.1) is 13.2 Å². The topological polar surface area (TPSA) is 83.8 Å². The van der Waals surface area contributed by atoms with E-state index < -0.39 is 29.4 Å². The van der Waals surface area contributed by atoms with Crippen LogP contribution < -0.4 is 0 Å². The molecule has 0 aliphatic heterocycles. The maximum absolute atomic E-state index is 11.8. The van der Waals surface area contributed by atoms with Crippen molar-refractivity contribution in [3.8, 4) is 0 Å². The first kappa shape index (κ1) is 14.8. The van der Waals surface area contributed by atoms with Gasteiger partial charge in [-0.1, -0.05) is 6.07 Å². The van der Waals surface area contributed by atoms with Crippen molar-refractivity contribution in [1.82, 2.24) is 0 Å². The van der Waals surface area contributed by atoms with Crippen molar-refractivity contribution < 1.29 is 22.8 Å². The highest BCUT2D eigenvalue weighted by molar-refractivity contribution is 14.1. The van der Waals surface area contributed by atoms with Crippen LogP contribution in [0.3, 0.4) is 0 Å². The van der Waals surface area contributed by atoms with Gasteiger partial charge in [-0.2, -0.15) is 8.42 Å². The number of aliphatic hydroxyl groups is 2. The summed E-state index contributed by atoms with van der Waals surface area (Å²) in [5, 5.41) is 17.6. The molecule has 0 saturated heterocycles. The Bertz CT molecular complexity index is 485. The average molecular weight is 372 g/mol. The first-order valence-corrected chi connectivity index (χ1v) is 7.30. The van der Waals surface area contributed by atoms with E-state index >= 15 is 0 Å². The summed E-state index contributed by atoms with van der Waals surface area (Å²) in [4.78, 5) is 0.0637. The van der Waals surface area contributed by atoms with Crippen LogP contribution in [0, 0.1) is 10.5 Å². The molecule has 0 amide bonds. The zero-order valence-electron chi connectivity index (χ0n) is 9.13. The van der Waals surface area contributed by atoms with Crippen molar-refractivity contribution in [2.24, 2.45) is 0 Å². The molecule has 0 aliphatic carbocycles. The van der Waals surface area contributed by atoms with Crippen LogP contribution >= 0.6 is 22.6 Å². The predicted octanol–water partition coefficient (Wildman–Crippen LogP) is 0.658. The molecule has 0 aliphatic rings. The molecule has 96 valence electrons. The quantitative estimate of drug-likeness (QED) is 0.586. The molecule has 1 aromatic carbocycles. The van der Waals surface area contributed by atoms with Crippen LogP contribution in [0.4, 0.5) is 0 Å². The zero-order chi connectivity index (χ0) is 13.1. The lowest BCUT2D eigenvalue weighted by atomic mass is 10.2. The summed E-state index contributed by atoms with van der Waals surface area (Å²) in [5.74, 6) is 0. The van der Waals surface area contributed by atoms with Gasteiger partial charge in [-0.05, 0) is 47.2 Å². The second-order valence-electron chi connectivity index (χ2n) is 3.51. The molecule has 17 heavy (non-hydrogen) atoms. The maximum Gasteiger partial charge on any atom is 0.298 e. The second-order valence-corrected chi connectivity index (χ2v) is 6.25. The summed E-state index contributed by atoms with van der Waals surface area (Å²) in [6.45, 7) is 0.859. The van der Waals surface area contributed by atoms with Crippen molar-refractivity contribution in [3.05, 3.63) is 27.3 Å². The Balaban J connectivity index is 2.90. The molecule has 1 rings (SSSR count). The first-order chi connectivity index (χ1) is 7.86. The van der Waals surface area contributed by atoms with Crippen molar-refractivity contribution >= 4 is 32.7 Å². The normalized spacial score (nSPS) is 13.6. The van der Waals surface area contributed by atoms with E-state index in [0.29, 0.717) is 3.57 Å².